The average Bonchev–Trinajstić information content (AvgIpc) is 2.67. The summed E-state index contributed by atoms with van der Waals surface area (Å²) in [7, 11) is 0. The largest absolute Gasteiger partial charge is 0.487 e. The minimum atomic E-state index is -0.736. The fourth-order valence-corrected chi connectivity index (χ4v) is 3.02. The smallest absolute Gasteiger partial charge is 0.266 e. The lowest BCUT2D eigenvalue weighted by Gasteiger charge is -2.15. The molecule has 6 nitrogen and oxygen atoms in total. The first-order chi connectivity index (χ1) is 13.4. The Morgan fingerprint density at radius 1 is 1.29 bits per heavy atom. The molecule has 2 heterocycles. The van der Waals surface area contributed by atoms with Gasteiger partial charge in [-0.1, -0.05) is 0 Å². The van der Waals surface area contributed by atoms with Crippen molar-refractivity contribution in [2.75, 3.05) is 0 Å². The Morgan fingerprint density at radius 2 is 2.00 bits per heavy atom. The predicted octanol–water partition coefficient (Wildman–Crippen LogP) is 3.56. The highest BCUT2D eigenvalue weighted by atomic mass is 79.9. The summed E-state index contributed by atoms with van der Waals surface area (Å²) in [6, 6.07) is 5.03. The van der Waals surface area contributed by atoms with Crippen LogP contribution < -0.4 is 10.3 Å². The number of aromatic amines is 1. The first-order valence-electron chi connectivity index (χ1n) is 8.08. The van der Waals surface area contributed by atoms with Crippen LogP contribution in [0.3, 0.4) is 0 Å². The molecule has 0 amide bonds. The lowest BCUT2D eigenvalue weighted by molar-refractivity contribution is 0.293. The number of rotatable bonds is 5. The van der Waals surface area contributed by atoms with Crippen LogP contribution in [0.2, 0.25) is 0 Å². The third-order valence-electron chi connectivity index (χ3n) is 4.00. The maximum atomic E-state index is 13.9. The van der Waals surface area contributed by atoms with E-state index in [2.05, 4.69) is 30.9 Å². The van der Waals surface area contributed by atoms with E-state index in [9.17, 15) is 13.6 Å². The maximum Gasteiger partial charge on any atom is 0.266 e. The van der Waals surface area contributed by atoms with E-state index in [1.807, 2.05) is 6.07 Å². The summed E-state index contributed by atoms with van der Waals surface area (Å²) in [6.45, 7) is 1.52. The minimum absolute atomic E-state index is 0.0476. The number of aryl methyl sites for hydroxylation is 1. The Morgan fingerprint density at radius 3 is 2.64 bits per heavy atom. The van der Waals surface area contributed by atoms with Crippen LogP contribution in [-0.2, 0) is 13.0 Å². The van der Waals surface area contributed by atoms with Crippen molar-refractivity contribution in [3.63, 3.8) is 0 Å². The molecule has 0 atom stereocenters. The standard InChI is InChI=1S/C19H13BrF2N4O2/c1-10-14(4-11-7-24-16(6-23)25-8-11)18(17(20)19(27)26-10)28-9-12-2-3-13(21)5-15(12)22/h2-3,5,7-8H,4,9H2,1H3,(H,26,27). The molecular weight excluding hydrogens is 434 g/mol. The zero-order chi connectivity index (χ0) is 20.3. The minimum Gasteiger partial charge on any atom is -0.487 e. The molecule has 142 valence electrons. The van der Waals surface area contributed by atoms with Crippen LogP contribution in [0.1, 0.15) is 28.2 Å². The van der Waals surface area contributed by atoms with Crippen molar-refractivity contribution in [1.29, 1.82) is 5.26 Å². The highest BCUT2D eigenvalue weighted by Gasteiger charge is 2.17. The van der Waals surface area contributed by atoms with E-state index in [4.69, 9.17) is 10.00 Å². The highest BCUT2D eigenvalue weighted by Crippen LogP contribution is 2.30. The first-order valence-corrected chi connectivity index (χ1v) is 8.87. The Kier molecular flexibility index (Phi) is 5.80. The average molecular weight is 447 g/mol. The van der Waals surface area contributed by atoms with Gasteiger partial charge in [-0.3, -0.25) is 4.79 Å². The van der Waals surface area contributed by atoms with Gasteiger partial charge in [-0.15, -0.1) is 0 Å². The first kappa shape index (κ1) is 19.6. The molecule has 0 aliphatic carbocycles. The van der Waals surface area contributed by atoms with Crippen molar-refractivity contribution in [3.8, 4) is 11.8 Å². The van der Waals surface area contributed by atoms with Crippen molar-refractivity contribution in [2.45, 2.75) is 20.0 Å². The molecule has 3 aromatic rings. The Balaban J connectivity index is 1.94. The Labute approximate surface area is 167 Å². The number of aromatic nitrogens is 3. The number of nitrogens with zero attached hydrogens (tertiary/aromatic N) is 3. The van der Waals surface area contributed by atoms with Crippen molar-refractivity contribution in [1.82, 2.24) is 15.0 Å². The summed E-state index contributed by atoms with van der Waals surface area (Å²) in [5.41, 5.74) is 1.65. The van der Waals surface area contributed by atoms with E-state index >= 15 is 0 Å². The van der Waals surface area contributed by atoms with E-state index in [-0.39, 0.29) is 28.2 Å². The Bertz CT molecular complexity index is 1120. The molecule has 28 heavy (non-hydrogen) atoms. The molecule has 9 heteroatoms. The summed E-state index contributed by atoms with van der Waals surface area (Å²) in [5.74, 6) is -1.13. The number of nitriles is 1. The fraction of sp³-hybridized carbons (Fsp3) is 0.158. The summed E-state index contributed by atoms with van der Waals surface area (Å²) < 4.78 is 32.9. The number of hydrogen-bond acceptors (Lipinski definition) is 5. The number of H-pyrrole nitrogens is 1. The molecule has 2 aromatic heterocycles. The summed E-state index contributed by atoms with van der Waals surface area (Å²) in [4.78, 5) is 22.7. The van der Waals surface area contributed by atoms with Crippen molar-refractivity contribution in [3.05, 3.63) is 85.3 Å². The third kappa shape index (κ3) is 4.23. The van der Waals surface area contributed by atoms with Crippen LogP contribution in [0.5, 0.6) is 5.75 Å². The molecule has 0 spiro atoms. The molecule has 1 N–H and O–H groups in total. The molecule has 0 saturated carbocycles. The summed E-state index contributed by atoms with van der Waals surface area (Å²) >= 11 is 3.21. The molecule has 0 unspecified atom stereocenters. The molecule has 0 saturated heterocycles. The van der Waals surface area contributed by atoms with Gasteiger partial charge in [0.1, 0.15) is 34.5 Å². The predicted molar refractivity (Wildman–Crippen MR) is 99.7 cm³/mol. The second kappa shape index (κ2) is 8.27. The van der Waals surface area contributed by atoms with Gasteiger partial charge < -0.3 is 9.72 Å². The second-order valence-electron chi connectivity index (χ2n) is 5.93. The molecule has 0 bridgehead atoms. The van der Waals surface area contributed by atoms with Gasteiger partial charge in [-0.2, -0.15) is 5.26 Å². The maximum absolute atomic E-state index is 13.9. The highest BCUT2D eigenvalue weighted by molar-refractivity contribution is 9.10. The van der Waals surface area contributed by atoms with Gasteiger partial charge in [-0.25, -0.2) is 18.7 Å². The van der Waals surface area contributed by atoms with E-state index in [0.717, 1.165) is 12.1 Å². The van der Waals surface area contributed by atoms with Crippen LogP contribution in [0.15, 0.2) is 39.9 Å². The molecule has 0 aliphatic heterocycles. The van der Waals surface area contributed by atoms with E-state index in [0.29, 0.717) is 23.2 Å². The van der Waals surface area contributed by atoms with Gasteiger partial charge in [0.05, 0.1) is 0 Å². The zero-order valence-electron chi connectivity index (χ0n) is 14.6. The molecule has 0 aliphatic rings. The van der Waals surface area contributed by atoms with Gasteiger partial charge >= 0.3 is 0 Å². The van der Waals surface area contributed by atoms with Crippen LogP contribution in [-0.4, -0.2) is 15.0 Å². The molecular formula is C19H13BrF2N4O2. The quantitative estimate of drug-likeness (QED) is 0.646. The van der Waals surface area contributed by atoms with Crippen molar-refractivity contribution in [2.24, 2.45) is 0 Å². The lowest BCUT2D eigenvalue weighted by atomic mass is 10.1. The van der Waals surface area contributed by atoms with Gasteiger partial charge in [-0.05, 0) is 40.5 Å². The third-order valence-corrected chi connectivity index (χ3v) is 4.72. The number of pyridine rings is 1. The number of halogens is 3. The zero-order valence-corrected chi connectivity index (χ0v) is 16.2. The van der Waals surface area contributed by atoms with Gasteiger partial charge in [0.15, 0.2) is 0 Å². The summed E-state index contributed by atoms with van der Waals surface area (Å²) in [6.07, 6.45) is 3.33. The number of nitrogens with one attached hydrogen (secondary N) is 1. The summed E-state index contributed by atoms with van der Waals surface area (Å²) in [5, 5.41) is 8.80. The van der Waals surface area contributed by atoms with Crippen molar-refractivity contribution < 1.29 is 13.5 Å². The molecule has 0 radical (unpaired) electrons. The van der Waals surface area contributed by atoms with Gasteiger partial charge in [0, 0.05) is 41.7 Å². The van der Waals surface area contributed by atoms with E-state index in [1.165, 1.54) is 18.5 Å². The Hall–Kier alpha value is -3.12. The topological polar surface area (TPSA) is 91.7 Å². The monoisotopic (exact) mass is 446 g/mol. The molecule has 3 rings (SSSR count). The van der Waals surface area contributed by atoms with Crippen LogP contribution in [0, 0.1) is 29.9 Å². The number of benzene rings is 1. The van der Waals surface area contributed by atoms with E-state index < -0.39 is 17.2 Å². The lowest BCUT2D eigenvalue weighted by Crippen LogP contribution is -2.15. The number of hydrogen-bond donors (Lipinski definition) is 1. The SMILES string of the molecule is Cc1[nH]c(=O)c(Br)c(OCc2ccc(F)cc2F)c1Cc1cnc(C#N)nc1. The second-order valence-corrected chi connectivity index (χ2v) is 6.72. The van der Waals surface area contributed by atoms with Crippen LogP contribution >= 0.6 is 15.9 Å². The van der Waals surface area contributed by atoms with Crippen LogP contribution in [0.25, 0.3) is 0 Å². The molecule has 1 aromatic carbocycles. The fourth-order valence-electron chi connectivity index (χ4n) is 2.57. The van der Waals surface area contributed by atoms with Gasteiger partial charge in [0.2, 0.25) is 5.82 Å². The molecule has 0 fully saturated rings. The normalized spacial score (nSPS) is 10.5. The van der Waals surface area contributed by atoms with E-state index in [1.54, 1.807) is 6.92 Å². The number of ether oxygens (including phenoxy) is 1. The van der Waals surface area contributed by atoms with Crippen LogP contribution in [0.4, 0.5) is 8.78 Å². The van der Waals surface area contributed by atoms with Crippen molar-refractivity contribution >= 4 is 15.9 Å². The van der Waals surface area contributed by atoms with Gasteiger partial charge in [0.25, 0.3) is 5.56 Å².